The van der Waals surface area contributed by atoms with E-state index in [-0.39, 0.29) is 47.0 Å². The molecular weight excluding hydrogens is 547 g/mol. The van der Waals surface area contributed by atoms with Crippen LogP contribution in [0, 0.1) is 12.7 Å². The van der Waals surface area contributed by atoms with Gasteiger partial charge in [-0.25, -0.2) is 18.7 Å². The molecule has 1 amide bonds. The van der Waals surface area contributed by atoms with Crippen molar-refractivity contribution >= 4 is 40.1 Å². The van der Waals surface area contributed by atoms with Crippen molar-refractivity contribution in [1.29, 1.82) is 0 Å². The number of hydrogen-bond acceptors (Lipinski definition) is 7. The lowest BCUT2D eigenvalue weighted by molar-refractivity contribution is -0.144. The lowest BCUT2D eigenvalue weighted by Crippen LogP contribution is -2.55. The van der Waals surface area contributed by atoms with Crippen molar-refractivity contribution in [2.24, 2.45) is 0 Å². The van der Waals surface area contributed by atoms with E-state index in [9.17, 15) is 18.8 Å². The normalized spacial score (nSPS) is 15.6. The first kappa shape index (κ1) is 28.4. The summed E-state index contributed by atoms with van der Waals surface area (Å²) in [6.07, 6.45) is 1.70. The number of fused-ring (bicyclic) bond motifs is 1. The van der Waals surface area contributed by atoms with Gasteiger partial charge in [0.05, 0.1) is 27.5 Å². The van der Waals surface area contributed by atoms with Gasteiger partial charge < -0.3 is 9.80 Å². The molecule has 0 bridgehead atoms. The quantitative estimate of drug-likeness (QED) is 0.318. The standard InChI is InChI=1S/C30H30ClFN6O3/c1-16(2)24-26(17(3)10-11-33-24)38-28-21(14-22(31)25(34-28)20-8-6-7-9-23(20)32)27(35-30(38)41)37-13-12-36(15-18(37)4)29(40)19(5)39/h6-11,14,16,18H,12-13,15H2,1-5H3. The zero-order valence-corrected chi connectivity index (χ0v) is 24.2. The highest BCUT2D eigenvalue weighted by molar-refractivity contribution is 6.35. The van der Waals surface area contributed by atoms with Gasteiger partial charge in [0.1, 0.15) is 11.6 Å². The van der Waals surface area contributed by atoms with E-state index in [4.69, 9.17) is 16.6 Å². The smallest absolute Gasteiger partial charge is 0.350 e. The van der Waals surface area contributed by atoms with E-state index in [2.05, 4.69) is 9.97 Å². The van der Waals surface area contributed by atoms with E-state index in [0.29, 0.717) is 29.1 Å². The highest BCUT2D eigenvalue weighted by atomic mass is 35.5. The minimum Gasteiger partial charge on any atom is -0.350 e. The third-order valence-electron chi connectivity index (χ3n) is 7.34. The molecule has 4 heterocycles. The first-order valence-electron chi connectivity index (χ1n) is 13.4. The molecule has 9 nitrogen and oxygen atoms in total. The summed E-state index contributed by atoms with van der Waals surface area (Å²) in [6.45, 7) is 9.89. The number of nitrogens with zero attached hydrogens (tertiary/aromatic N) is 6. The summed E-state index contributed by atoms with van der Waals surface area (Å²) < 4.78 is 16.3. The molecule has 0 spiro atoms. The Kier molecular flexibility index (Phi) is 7.61. The van der Waals surface area contributed by atoms with Gasteiger partial charge in [-0.05, 0) is 49.6 Å². The monoisotopic (exact) mass is 576 g/mol. The van der Waals surface area contributed by atoms with Gasteiger partial charge in [-0.3, -0.25) is 14.6 Å². The molecule has 1 unspecified atom stereocenters. The van der Waals surface area contributed by atoms with Gasteiger partial charge in [-0.1, -0.05) is 37.6 Å². The number of amides is 1. The molecule has 5 rings (SSSR count). The van der Waals surface area contributed by atoms with Crippen molar-refractivity contribution in [2.45, 2.75) is 46.6 Å². The topological polar surface area (TPSA) is 101 Å². The molecule has 11 heteroatoms. The predicted octanol–water partition coefficient (Wildman–Crippen LogP) is 4.69. The van der Waals surface area contributed by atoms with E-state index >= 15 is 0 Å². The first-order chi connectivity index (χ1) is 19.5. The van der Waals surface area contributed by atoms with E-state index in [1.165, 1.54) is 22.5 Å². The van der Waals surface area contributed by atoms with Crippen LogP contribution in [0.3, 0.4) is 0 Å². The van der Waals surface area contributed by atoms with E-state index in [1.54, 1.807) is 30.5 Å². The molecule has 41 heavy (non-hydrogen) atoms. The number of pyridine rings is 2. The minimum absolute atomic E-state index is 0.0169. The number of piperazine rings is 1. The molecule has 0 saturated carbocycles. The maximum atomic E-state index is 14.9. The summed E-state index contributed by atoms with van der Waals surface area (Å²) in [4.78, 5) is 55.3. The summed E-state index contributed by atoms with van der Waals surface area (Å²) in [7, 11) is 0. The fraction of sp³-hybridized carbons (Fsp3) is 0.333. The molecule has 212 valence electrons. The summed E-state index contributed by atoms with van der Waals surface area (Å²) in [5.41, 5.74) is 2.14. The Morgan fingerprint density at radius 3 is 2.51 bits per heavy atom. The number of carbonyl (C=O) groups is 2. The maximum Gasteiger partial charge on any atom is 0.355 e. The number of ketones is 1. The van der Waals surface area contributed by atoms with Crippen LogP contribution in [0.2, 0.25) is 5.02 Å². The Labute approximate surface area is 241 Å². The van der Waals surface area contributed by atoms with Gasteiger partial charge in [0.25, 0.3) is 5.91 Å². The lowest BCUT2D eigenvalue weighted by Gasteiger charge is -2.40. The molecule has 4 aromatic rings. The molecule has 0 aliphatic carbocycles. The fourth-order valence-electron chi connectivity index (χ4n) is 5.33. The van der Waals surface area contributed by atoms with Crippen molar-refractivity contribution in [3.05, 3.63) is 75.2 Å². The van der Waals surface area contributed by atoms with Crippen LogP contribution in [0.4, 0.5) is 10.2 Å². The number of aryl methyl sites for hydroxylation is 1. The largest absolute Gasteiger partial charge is 0.355 e. The van der Waals surface area contributed by atoms with Crippen molar-refractivity contribution in [3.63, 3.8) is 0 Å². The van der Waals surface area contributed by atoms with Gasteiger partial charge >= 0.3 is 5.69 Å². The van der Waals surface area contributed by atoms with Gasteiger partial charge in [-0.15, -0.1) is 0 Å². The van der Waals surface area contributed by atoms with Crippen LogP contribution in [0.25, 0.3) is 28.0 Å². The van der Waals surface area contributed by atoms with Crippen molar-refractivity contribution < 1.29 is 14.0 Å². The Morgan fingerprint density at radius 1 is 1.12 bits per heavy atom. The average Bonchev–Trinajstić information content (AvgIpc) is 2.93. The lowest BCUT2D eigenvalue weighted by atomic mass is 10.0. The van der Waals surface area contributed by atoms with Crippen LogP contribution < -0.4 is 10.6 Å². The number of rotatable bonds is 5. The number of Topliss-reactive ketones (excluding diaryl/α,β-unsaturated/α-hetero) is 1. The summed E-state index contributed by atoms with van der Waals surface area (Å²) in [6, 6.07) is 9.39. The second-order valence-corrected chi connectivity index (χ2v) is 11.0. The number of carbonyl (C=O) groups excluding carboxylic acids is 2. The first-order valence-corrected chi connectivity index (χ1v) is 13.8. The average molecular weight is 577 g/mol. The molecule has 1 atom stereocenters. The zero-order chi connectivity index (χ0) is 29.6. The van der Waals surface area contributed by atoms with E-state index < -0.39 is 23.2 Å². The molecule has 1 aliphatic heterocycles. The van der Waals surface area contributed by atoms with Crippen LogP contribution in [-0.2, 0) is 9.59 Å². The molecule has 1 saturated heterocycles. The summed E-state index contributed by atoms with van der Waals surface area (Å²) in [5, 5.41) is 0.687. The fourth-order valence-corrected chi connectivity index (χ4v) is 5.59. The number of hydrogen-bond donors (Lipinski definition) is 0. The second kappa shape index (κ2) is 11.0. The Balaban J connectivity index is 1.79. The highest BCUT2D eigenvalue weighted by Gasteiger charge is 2.32. The number of benzene rings is 1. The van der Waals surface area contributed by atoms with Crippen LogP contribution in [0.1, 0.15) is 44.9 Å². The maximum absolute atomic E-state index is 14.9. The highest BCUT2D eigenvalue weighted by Crippen LogP contribution is 2.36. The molecule has 3 aromatic heterocycles. The Morgan fingerprint density at radius 2 is 1.85 bits per heavy atom. The minimum atomic E-state index is -0.575. The summed E-state index contributed by atoms with van der Waals surface area (Å²) >= 11 is 6.74. The van der Waals surface area contributed by atoms with E-state index in [1.807, 2.05) is 38.7 Å². The third kappa shape index (κ3) is 5.08. The van der Waals surface area contributed by atoms with Gasteiger partial charge in [0.15, 0.2) is 5.65 Å². The van der Waals surface area contributed by atoms with Crippen molar-refractivity contribution in [3.8, 4) is 16.9 Å². The third-order valence-corrected chi connectivity index (χ3v) is 7.63. The Bertz CT molecular complexity index is 1750. The van der Waals surface area contributed by atoms with Crippen LogP contribution >= 0.6 is 11.6 Å². The van der Waals surface area contributed by atoms with Gasteiger partial charge in [0.2, 0.25) is 5.78 Å². The number of aromatic nitrogens is 4. The van der Waals surface area contributed by atoms with Gasteiger partial charge in [0, 0.05) is 44.4 Å². The molecule has 1 fully saturated rings. The summed E-state index contributed by atoms with van der Waals surface area (Å²) in [5.74, 6) is -1.23. The van der Waals surface area contributed by atoms with Crippen LogP contribution in [0.5, 0.6) is 0 Å². The van der Waals surface area contributed by atoms with Crippen molar-refractivity contribution in [1.82, 2.24) is 24.4 Å². The number of halogens is 2. The molecule has 1 aliphatic rings. The number of anilines is 1. The van der Waals surface area contributed by atoms with Crippen LogP contribution in [0.15, 0.2) is 47.4 Å². The molecule has 0 radical (unpaired) electrons. The zero-order valence-electron chi connectivity index (χ0n) is 23.5. The molecular formula is C30H30ClFN6O3. The Hall–Kier alpha value is -4.18. The SMILES string of the molecule is CC(=O)C(=O)N1CCN(c2nc(=O)n(-c3c(C)ccnc3C(C)C)c3nc(-c4ccccc4F)c(Cl)cc23)C(C)C1. The van der Waals surface area contributed by atoms with Crippen molar-refractivity contribution in [2.75, 3.05) is 24.5 Å². The van der Waals surface area contributed by atoms with Gasteiger partial charge in [-0.2, -0.15) is 4.98 Å². The predicted molar refractivity (Wildman–Crippen MR) is 156 cm³/mol. The van der Waals surface area contributed by atoms with E-state index in [0.717, 1.165) is 5.56 Å². The molecule has 1 aromatic carbocycles. The second-order valence-electron chi connectivity index (χ2n) is 10.6. The molecule has 0 N–H and O–H groups in total. The van der Waals surface area contributed by atoms with Crippen LogP contribution in [-0.4, -0.2) is 61.8 Å².